The van der Waals surface area contributed by atoms with Crippen LogP contribution in [0.2, 0.25) is 51.4 Å². The summed E-state index contributed by atoms with van der Waals surface area (Å²) in [5.74, 6) is 0.777. The smallest absolute Gasteiger partial charge is 0.410 e. The highest BCUT2D eigenvalue weighted by molar-refractivity contribution is 6.76. The Kier molecular flexibility index (Phi) is 11.9. The number of amides is 1. The third-order valence-electron chi connectivity index (χ3n) is 9.57. The molecule has 0 spiro atoms. The second kappa shape index (κ2) is 16.3. The van der Waals surface area contributed by atoms with E-state index in [4.69, 9.17) is 29.2 Å². The standard InChI is InChI=1S/C41H57N7O4Si2/c1-41(2,3)52-40(49)47-16-10-11-36(47)39-45-26-38(48(39)29-51-18-20-54(7,8)9)35-24-43-34(23-44-35)32-14-12-31-22-33(15-13-30(31)21-32)37-25-42-27-46(37)28-50-17-19-53(4,5)6/h12-15,21-27,36H,10-11,16-20,28-29H2,1-9H3. The summed E-state index contributed by atoms with van der Waals surface area (Å²) in [5.41, 5.74) is 4.81. The largest absolute Gasteiger partial charge is 0.444 e. The van der Waals surface area contributed by atoms with Gasteiger partial charge >= 0.3 is 6.09 Å². The number of fused-ring (bicyclic) bond motifs is 1. The van der Waals surface area contributed by atoms with Crippen molar-refractivity contribution in [3.05, 3.63) is 73.3 Å². The zero-order chi connectivity index (χ0) is 38.7. The summed E-state index contributed by atoms with van der Waals surface area (Å²) in [7, 11) is -2.42. The Morgan fingerprint density at radius 3 is 2.06 bits per heavy atom. The van der Waals surface area contributed by atoms with E-state index in [0.29, 0.717) is 32.3 Å². The molecule has 3 aromatic heterocycles. The molecule has 11 nitrogen and oxygen atoms in total. The molecule has 1 saturated heterocycles. The molecule has 0 radical (unpaired) electrons. The van der Waals surface area contributed by atoms with Crippen molar-refractivity contribution in [2.45, 2.75) is 110 Å². The maximum Gasteiger partial charge on any atom is 0.410 e. The fourth-order valence-corrected chi connectivity index (χ4v) is 8.00. The molecular formula is C41H57N7O4Si2. The number of likely N-dealkylation sites (tertiary alicyclic amines) is 1. The first kappa shape index (κ1) is 39.5. The van der Waals surface area contributed by atoms with E-state index in [2.05, 4.69) is 89.8 Å². The lowest BCUT2D eigenvalue weighted by molar-refractivity contribution is 0.0204. The molecule has 0 aliphatic carbocycles. The van der Waals surface area contributed by atoms with Gasteiger partial charge in [-0.1, -0.05) is 63.5 Å². The molecule has 13 heteroatoms. The molecule has 1 fully saturated rings. The Balaban J connectivity index is 1.21. The first-order valence-corrected chi connectivity index (χ1v) is 26.5. The van der Waals surface area contributed by atoms with Crippen LogP contribution in [0.25, 0.3) is 44.7 Å². The van der Waals surface area contributed by atoms with E-state index in [0.717, 1.165) is 76.3 Å². The Morgan fingerprint density at radius 2 is 1.41 bits per heavy atom. The third-order valence-corrected chi connectivity index (χ3v) is 13.0. The molecule has 0 bridgehead atoms. The normalized spacial score (nSPS) is 15.4. The minimum Gasteiger partial charge on any atom is -0.444 e. The maximum atomic E-state index is 13.2. The van der Waals surface area contributed by atoms with Crippen LogP contribution in [0.4, 0.5) is 4.79 Å². The zero-order valence-corrected chi connectivity index (χ0v) is 35.6. The van der Waals surface area contributed by atoms with Crippen LogP contribution in [0.1, 0.15) is 45.5 Å². The molecule has 54 heavy (non-hydrogen) atoms. The highest BCUT2D eigenvalue weighted by atomic mass is 28.3. The summed E-state index contributed by atoms with van der Waals surface area (Å²) in [6.45, 7) is 22.7. The molecule has 6 rings (SSSR count). The number of ether oxygens (including phenoxy) is 3. The minimum atomic E-state index is -1.28. The Morgan fingerprint density at radius 1 is 0.778 bits per heavy atom. The molecule has 0 N–H and O–H groups in total. The molecule has 4 heterocycles. The number of aromatic nitrogens is 6. The molecule has 2 aromatic carbocycles. The van der Waals surface area contributed by atoms with Crippen molar-refractivity contribution in [3.8, 4) is 33.9 Å². The second-order valence-corrected chi connectivity index (χ2v) is 29.0. The summed E-state index contributed by atoms with van der Waals surface area (Å²) in [4.78, 5) is 34.0. The average Bonchev–Trinajstić information content (AvgIpc) is 3.87. The number of hydrogen-bond donors (Lipinski definition) is 0. The number of hydrogen-bond acceptors (Lipinski definition) is 8. The lowest BCUT2D eigenvalue weighted by Crippen LogP contribution is -2.37. The average molecular weight is 768 g/mol. The van der Waals surface area contributed by atoms with Crippen LogP contribution in [0.3, 0.4) is 0 Å². The van der Waals surface area contributed by atoms with Gasteiger partial charge in [-0.3, -0.25) is 14.9 Å². The lowest BCUT2D eigenvalue weighted by Gasteiger charge is -2.29. The Bertz CT molecular complexity index is 2040. The lowest BCUT2D eigenvalue weighted by atomic mass is 10.0. The molecule has 1 atom stereocenters. The number of rotatable bonds is 14. The monoisotopic (exact) mass is 767 g/mol. The molecule has 1 aliphatic heterocycles. The van der Waals surface area contributed by atoms with Crippen molar-refractivity contribution in [2.75, 3.05) is 19.8 Å². The quantitative estimate of drug-likeness (QED) is 0.0812. The number of carbonyl (C=O) groups is 1. The Labute approximate surface area is 322 Å². The topological polar surface area (TPSA) is 109 Å². The molecule has 1 aliphatic rings. The van der Waals surface area contributed by atoms with E-state index >= 15 is 0 Å². The first-order chi connectivity index (χ1) is 25.5. The van der Waals surface area contributed by atoms with E-state index in [1.54, 1.807) is 11.1 Å². The third kappa shape index (κ3) is 10.1. The van der Waals surface area contributed by atoms with Gasteiger partial charge in [-0.15, -0.1) is 0 Å². The van der Waals surface area contributed by atoms with E-state index in [9.17, 15) is 4.79 Å². The number of carbonyl (C=O) groups excluding carboxylic acids is 1. The summed E-state index contributed by atoms with van der Waals surface area (Å²) in [6, 6.07) is 14.8. The molecule has 1 unspecified atom stereocenters. The van der Waals surface area contributed by atoms with Crippen molar-refractivity contribution < 1.29 is 19.0 Å². The highest BCUT2D eigenvalue weighted by Crippen LogP contribution is 2.35. The van der Waals surface area contributed by atoms with Crippen molar-refractivity contribution >= 4 is 33.0 Å². The maximum absolute atomic E-state index is 13.2. The molecule has 0 saturated carbocycles. The van der Waals surface area contributed by atoms with Crippen molar-refractivity contribution in [3.63, 3.8) is 0 Å². The molecule has 5 aromatic rings. The van der Waals surface area contributed by atoms with Crippen LogP contribution in [0.5, 0.6) is 0 Å². The van der Waals surface area contributed by atoms with Gasteiger partial charge in [0.05, 0.1) is 54.2 Å². The van der Waals surface area contributed by atoms with Gasteiger partial charge < -0.3 is 23.3 Å². The van der Waals surface area contributed by atoms with Crippen LogP contribution in [0.15, 0.2) is 67.5 Å². The van der Waals surface area contributed by atoms with Gasteiger partial charge in [0.15, 0.2) is 0 Å². The van der Waals surface area contributed by atoms with Crippen LogP contribution in [-0.2, 0) is 27.7 Å². The number of imidazole rings is 2. The van der Waals surface area contributed by atoms with Gasteiger partial charge in [0.25, 0.3) is 0 Å². The van der Waals surface area contributed by atoms with Gasteiger partial charge in [-0.2, -0.15) is 0 Å². The van der Waals surface area contributed by atoms with E-state index in [1.807, 2.05) is 45.7 Å². The van der Waals surface area contributed by atoms with E-state index in [-0.39, 0.29) is 12.1 Å². The van der Waals surface area contributed by atoms with Gasteiger partial charge in [0, 0.05) is 47.0 Å². The molecular weight excluding hydrogens is 711 g/mol. The molecule has 1 amide bonds. The number of benzene rings is 2. The van der Waals surface area contributed by atoms with E-state index < -0.39 is 21.7 Å². The summed E-state index contributed by atoms with van der Waals surface area (Å²) >= 11 is 0. The predicted octanol–water partition coefficient (Wildman–Crippen LogP) is 9.72. The Hall–Kier alpha value is -4.18. The van der Waals surface area contributed by atoms with Crippen LogP contribution >= 0.6 is 0 Å². The van der Waals surface area contributed by atoms with Crippen LogP contribution in [0, 0.1) is 0 Å². The fourth-order valence-electron chi connectivity index (χ4n) is 6.48. The zero-order valence-electron chi connectivity index (χ0n) is 33.6. The minimum absolute atomic E-state index is 0.215. The first-order valence-electron chi connectivity index (χ1n) is 19.1. The highest BCUT2D eigenvalue weighted by Gasteiger charge is 2.36. The summed E-state index contributed by atoms with van der Waals surface area (Å²) < 4.78 is 22.2. The van der Waals surface area contributed by atoms with Crippen molar-refractivity contribution in [1.82, 2.24) is 34.0 Å². The summed E-state index contributed by atoms with van der Waals surface area (Å²) in [6.07, 6.45) is 10.5. The van der Waals surface area contributed by atoms with Crippen molar-refractivity contribution in [2.24, 2.45) is 0 Å². The van der Waals surface area contributed by atoms with E-state index in [1.165, 1.54) is 0 Å². The van der Waals surface area contributed by atoms with Gasteiger partial charge in [-0.25, -0.2) is 14.8 Å². The SMILES string of the molecule is CC(C)(C)OC(=O)N1CCCC1c1ncc(-c2cnc(-c3ccc4cc(-c5cncn5COCC[Si](C)(C)C)ccc4c3)cn2)n1COCC[Si](C)(C)C. The number of nitrogens with zero attached hydrogens (tertiary/aromatic N) is 7. The van der Waals surface area contributed by atoms with Gasteiger partial charge in [-0.05, 0) is 68.6 Å². The second-order valence-electron chi connectivity index (χ2n) is 17.8. The van der Waals surface area contributed by atoms with Gasteiger partial charge in [0.1, 0.15) is 30.6 Å². The van der Waals surface area contributed by atoms with Crippen LogP contribution < -0.4 is 0 Å². The van der Waals surface area contributed by atoms with Crippen molar-refractivity contribution in [1.29, 1.82) is 0 Å². The predicted molar refractivity (Wildman–Crippen MR) is 221 cm³/mol. The molecule has 288 valence electrons. The van der Waals surface area contributed by atoms with Crippen LogP contribution in [-0.4, -0.2) is 81.6 Å². The van der Waals surface area contributed by atoms with Gasteiger partial charge in [0.2, 0.25) is 0 Å². The summed E-state index contributed by atoms with van der Waals surface area (Å²) in [5, 5.41) is 2.25. The fraction of sp³-hybridized carbons (Fsp3) is 0.488.